The fourth-order valence-electron chi connectivity index (χ4n) is 5.37. The van der Waals surface area contributed by atoms with Crippen LogP contribution in [0.3, 0.4) is 0 Å². The van der Waals surface area contributed by atoms with Gasteiger partial charge in [0.1, 0.15) is 5.75 Å². The number of unbranched alkanes of at least 4 members (excludes halogenated alkanes) is 6. The van der Waals surface area contributed by atoms with Crippen LogP contribution in [0.15, 0.2) is 53.4 Å². The topological polar surface area (TPSA) is 37.3 Å². The minimum Gasteiger partial charge on any atom is -0.508 e. The lowest BCUT2D eigenvalue weighted by Gasteiger charge is -2.43. The van der Waals surface area contributed by atoms with Gasteiger partial charge < -0.3 is 5.11 Å². The molecule has 0 saturated carbocycles. The van der Waals surface area contributed by atoms with E-state index in [2.05, 4.69) is 31.2 Å². The number of benzene rings is 2. The van der Waals surface area contributed by atoms with Gasteiger partial charge in [0.2, 0.25) is 0 Å². The molecule has 9 heteroatoms. The second-order valence-electron chi connectivity index (χ2n) is 10.8. The van der Waals surface area contributed by atoms with Crippen LogP contribution < -0.4 is 0 Å². The predicted octanol–water partition coefficient (Wildman–Crippen LogP) is 9.39. The van der Waals surface area contributed by atoms with Crippen LogP contribution in [0.25, 0.3) is 0 Å². The number of rotatable bonds is 15. The molecule has 0 aliphatic carbocycles. The monoisotopic (exact) mass is 590 g/mol. The van der Waals surface area contributed by atoms with Crippen LogP contribution >= 0.6 is 11.8 Å². The van der Waals surface area contributed by atoms with Gasteiger partial charge in [-0.2, -0.15) is 22.0 Å². The highest BCUT2D eigenvalue weighted by atomic mass is 32.2. The van der Waals surface area contributed by atoms with E-state index in [1.165, 1.54) is 16.0 Å². The molecule has 0 saturated heterocycles. The Morgan fingerprint density at radius 1 is 0.872 bits per heavy atom. The zero-order valence-corrected chi connectivity index (χ0v) is 24.1. The van der Waals surface area contributed by atoms with Gasteiger partial charge in [-0.1, -0.05) is 75.8 Å². The number of alkyl halides is 5. The van der Waals surface area contributed by atoms with Crippen LogP contribution in [-0.2, 0) is 16.2 Å². The Bertz CT molecular complexity index is 1060. The maximum atomic E-state index is 12.9. The van der Waals surface area contributed by atoms with Gasteiger partial charge in [-0.3, -0.25) is 4.21 Å². The third-order valence-corrected chi connectivity index (χ3v) is 10.7. The Labute approximate surface area is 235 Å². The van der Waals surface area contributed by atoms with Gasteiger partial charge in [0, 0.05) is 44.8 Å². The van der Waals surface area contributed by atoms with Crippen molar-refractivity contribution in [1.82, 2.24) is 0 Å². The Morgan fingerprint density at radius 2 is 1.46 bits per heavy atom. The van der Waals surface area contributed by atoms with E-state index in [9.17, 15) is 31.3 Å². The number of hydrogen-bond donors (Lipinski definition) is 1. The molecule has 2 nitrogen and oxygen atoms in total. The molecule has 1 N–H and O–H groups in total. The molecule has 0 bridgehead atoms. The van der Waals surface area contributed by atoms with Crippen molar-refractivity contribution in [2.75, 3.05) is 17.3 Å². The number of fused-ring (bicyclic) bond motifs is 1. The van der Waals surface area contributed by atoms with E-state index in [1.807, 2.05) is 23.9 Å². The summed E-state index contributed by atoms with van der Waals surface area (Å²) in [6, 6.07) is 16.3. The van der Waals surface area contributed by atoms with Gasteiger partial charge in [-0.25, -0.2) is 0 Å². The van der Waals surface area contributed by atoms with Crippen molar-refractivity contribution in [3.05, 3.63) is 59.7 Å². The molecular formula is C30H39F5O2S2. The summed E-state index contributed by atoms with van der Waals surface area (Å²) in [5.41, 5.74) is 2.63. The summed E-state index contributed by atoms with van der Waals surface area (Å²) < 4.78 is 74.4. The second kappa shape index (κ2) is 14.3. The molecule has 0 spiro atoms. The molecule has 0 radical (unpaired) electrons. The molecule has 39 heavy (non-hydrogen) atoms. The van der Waals surface area contributed by atoms with E-state index in [0.717, 1.165) is 50.7 Å². The summed E-state index contributed by atoms with van der Waals surface area (Å²) in [5, 5.41) is 9.77. The van der Waals surface area contributed by atoms with Crippen molar-refractivity contribution in [3.63, 3.8) is 0 Å². The van der Waals surface area contributed by atoms with Crippen LogP contribution in [-0.4, -0.2) is 38.7 Å². The summed E-state index contributed by atoms with van der Waals surface area (Å²) in [4.78, 5) is 1.35. The first kappa shape index (κ1) is 31.9. The van der Waals surface area contributed by atoms with Gasteiger partial charge in [0.15, 0.2) is 0 Å². The first-order chi connectivity index (χ1) is 18.4. The summed E-state index contributed by atoms with van der Waals surface area (Å²) in [6.45, 7) is 2.33. The van der Waals surface area contributed by atoms with E-state index >= 15 is 0 Å². The van der Waals surface area contributed by atoms with Gasteiger partial charge >= 0.3 is 12.1 Å². The molecule has 2 aromatic rings. The van der Waals surface area contributed by atoms with E-state index < -0.39 is 35.7 Å². The number of halogens is 5. The predicted molar refractivity (Wildman–Crippen MR) is 150 cm³/mol. The fraction of sp³-hybridized carbons (Fsp3) is 0.600. The van der Waals surface area contributed by atoms with Gasteiger partial charge in [0.05, 0.1) is 0 Å². The highest BCUT2D eigenvalue weighted by molar-refractivity contribution is 7.99. The van der Waals surface area contributed by atoms with E-state index in [0.29, 0.717) is 18.1 Å². The fourth-order valence-corrected chi connectivity index (χ4v) is 7.94. The van der Waals surface area contributed by atoms with Crippen LogP contribution in [0.1, 0.15) is 88.2 Å². The summed E-state index contributed by atoms with van der Waals surface area (Å²) >= 11 is 1.90. The minimum absolute atomic E-state index is 0.0228. The number of phenols is 1. The Hall–Kier alpha value is -1.61. The van der Waals surface area contributed by atoms with Crippen molar-refractivity contribution in [1.29, 1.82) is 0 Å². The number of hydrogen-bond acceptors (Lipinski definition) is 3. The SMILES string of the molecule is CC1(c2ccc(O)cc2)CSc2ccccc2C1CCCCCCCCCS(=O)CCCC(F)(F)C(F)(F)F. The second-order valence-corrected chi connectivity index (χ2v) is 13.5. The first-order valence-corrected chi connectivity index (χ1v) is 16.2. The Balaban J connectivity index is 1.35. The molecule has 3 unspecified atom stereocenters. The Morgan fingerprint density at radius 3 is 2.13 bits per heavy atom. The molecule has 3 rings (SSSR count). The average molecular weight is 591 g/mol. The highest BCUT2D eigenvalue weighted by Crippen LogP contribution is 2.52. The zero-order valence-electron chi connectivity index (χ0n) is 22.5. The standard InChI is InChI=1S/C30H39F5O2S2/c1-28(23-15-17-24(36)18-16-23)22-38-27-14-9-8-12-25(27)26(28)13-7-5-3-2-4-6-10-20-39(37)21-11-19-29(31,32)30(33,34)35/h8-9,12,14-18,26,36H,2-7,10-11,13,19-22H2,1H3. The molecule has 218 valence electrons. The Kier molecular flexibility index (Phi) is 11.7. The number of thioether (sulfide) groups is 1. The van der Waals surface area contributed by atoms with Gasteiger partial charge in [0.25, 0.3) is 0 Å². The molecule has 3 atom stereocenters. The van der Waals surface area contributed by atoms with E-state index in [4.69, 9.17) is 0 Å². The summed E-state index contributed by atoms with van der Waals surface area (Å²) in [5.74, 6) is -2.80. The van der Waals surface area contributed by atoms with Crippen molar-refractivity contribution >= 4 is 22.6 Å². The van der Waals surface area contributed by atoms with Crippen molar-refractivity contribution in [2.24, 2.45) is 0 Å². The normalized spacial score (nSPS) is 20.5. The molecule has 1 heterocycles. The molecule has 1 aliphatic rings. The van der Waals surface area contributed by atoms with Crippen molar-refractivity contribution in [2.45, 2.75) is 99.5 Å². The maximum Gasteiger partial charge on any atom is 0.453 e. The van der Waals surface area contributed by atoms with Crippen molar-refractivity contribution < 1.29 is 31.3 Å². The first-order valence-electron chi connectivity index (χ1n) is 13.7. The van der Waals surface area contributed by atoms with Gasteiger partial charge in [-0.15, -0.1) is 11.8 Å². The quantitative estimate of drug-likeness (QED) is 0.166. The molecule has 2 aromatic carbocycles. The summed E-state index contributed by atoms with van der Waals surface area (Å²) in [7, 11) is -1.35. The molecule has 0 fully saturated rings. The lowest BCUT2D eigenvalue weighted by molar-refractivity contribution is -0.284. The van der Waals surface area contributed by atoms with Crippen LogP contribution in [0.4, 0.5) is 22.0 Å². The molecular weight excluding hydrogens is 551 g/mol. The van der Waals surface area contributed by atoms with Crippen molar-refractivity contribution in [3.8, 4) is 5.75 Å². The third kappa shape index (κ3) is 8.94. The third-order valence-electron chi connectivity index (χ3n) is 7.76. The average Bonchev–Trinajstić information content (AvgIpc) is 2.88. The van der Waals surface area contributed by atoms with Gasteiger partial charge in [-0.05, 0) is 54.5 Å². The maximum absolute atomic E-state index is 12.9. The van der Waals surface area contributed by atoms with E-state index in [1.54, 1.807) is 12.1 Å². The zero-order chi connectivity index (χ0) is 28.5. The molecule has 1 aliphatic heterocycles. The number of aromatic hydroxyl groups is 1. The highest BCUT2D eigenvalue weighted by Gasteiger charge is 2.56. The largest absolute Gasteiger partial charge is 0.508 e. The lowest BCUT2D eigenvalue weighted by atomic mass is 9.68. The van der Waals surface area contributed by atoms with Crippen LogP contribution in [0.2, 0.25) is 0 Å². The molecule has 0 amide bonds. The van der Waals surface area contributed by atoms with E-state index in [-0.39, 0.29) is 16.9 Å². The van der Waals surface area contributed by atoms with Crippen LogP contribution in [0.5, 0.6) is 5.75 Å². The lowest BCUT2D eigenvalue weighted by Crippen LogP contribution is -2.36. The smallest absolute Gasteiger partial charge is 0.453 e. The number of phenolic OH excluding ortho intramolecular Hbond substituents is 1. The molecule has 0 aromatic heterocycles. The minimum atomic E-state index is -5.54. The summed E-state index contributed by atoms with van der Waals surface area (Å²) in [6.07, 6.45) is 0.836. The van der Waals surface area contributed by atoms with Crippen LogP contribution in [0, 0.1) is 0 Å².